The first-order valence-electron chi connectivity index (χ1n) is 8.32. The summed E-state index contributed by atoms with van der Waals surface area (Å²) in [4.78, 5) is 23.8. The maximum atomic E-state index is 11.9. The molecule has 0 bridgehead atoms. The predicted octanol–water partition coefficient (Wildman–Crippen LogP) is 2.20. The topological polar surface area (TPSA) is 67.4 Å². The zero-order valence-electron chi connectivity index (χ0n) is 14.5. The minimum atomic E-state index is -0.0905. The molecule has 0 radical (unpaired) electrons. The number of carbonyl (C=O) groups is 2. The molecule has 132 valence electrons. The van der Waals surface area contributed by atoms with E-state index >= 15 is 0 Å². The number of nitrogens with one attached hydrogen (secondary N) is 2. The molecule has 0 aliphatic rings. The van der Waals surface area contributed by atoms with E-state index in [2.05, 4.69) is 10.6 Å². The van der Waals surface area contributed by atoms with Crippen LogP contribution in [-0.2, 0) is 33.9 Å². The first-order chi connectivity index (χ1) is 12.2. The van der Waals surface area contributed by atoms with Crippen LogP contribution in [0.4, 0.5) is 0 Å². The van der Waals surface area contributed by atoms with Crippen molar-refractivity contribution in [2.75, 3.05) is 13.7 Å². The molecule has 2 N–H and O–H groups in total. The first kappa shape index (κ1) is 18.7. The molecule has 0 aliphatic carbocycles. The molecule has 0 spiro atoms. The van der Waals surface area contributed by atoms with Gasteiger partial charge in [0.2, 0.25) is 11.8 Å². The third kappa shape index (κ3) is 6.77. The Morgan fingerprint density at radius 2 is 1.56 bits per heavy atom. The molecule has 2 aromatic carbocycles. The standard InChI is InChI=1S/C20H24N2O3/c1-25-15-18-10-6-5-9-17(18)14-22-19(23)11-12-21-20(24)13-16-7-3-2-4-8-16/h2-10H,11-15H2,1H3,(H,21,24)(H,22,23). The number of carbonyl (C=O) groups excluding carboxylic acids is 2. The summed E-state index contributed by atoms with van der Waals surface area (Å²) in [6.45, 7) is 1.30. The predicted molar refractivity (Wildman–Crippen MR) is 96.8 cm³/mol. The second kappa shape index (κ2) is 10.3. The average molecular weight is 340 g/mol. The van der Waals surface area contributed by atoms with Gasteiger partial charge in [-0.2, -0.15) is 0 Å². The van der Waals surface area contributed by atoms with Gasteiger partial charge in [0, 0.05) is 26.6 Å². The van der Waals surface area contributed by atoms with Gasteiger partial charge in [-0.15, -0.1) is 0 Å². The van der Waals surface area contributed by atoms with E-state index in [1.165, 1.54) is 0 Å². The Kier molecular flexibility index (Phi) is 7.66. The van der Waals surface area contributed by atoms with E-state index in [4.69, 9.17) is 4.74 Å². The van der Waals surface area contributed by atoms with Crippen LogP contribution in [0.2, 0.25) is 0 Å². The maximum Gasteiger partial charge on any atom is 0.224 e. The molecule has 5 heteroatoms. The second-order valence-corrected chi connectivity index (χ2v) is 5.74. The minimum Gasteiger partial charge on any atom is -0.380 e. The number of hydrogen-bond donors (Lipinski definition) is 2. The summed E-state index contributed by atoms with van der Waals surface area (Å²) < 4.78 is 5.16. The highest BCUT2D eigenvalue weighted by Gasteiger charge is 2.07. The Bertz CT molecular complexity index is 686. The lowest BCUT2D eigenvalue weighted by Gasteiger charge is -2.10. The monoisotopic (exact) mass is 340 g/mol. The van der Waals surface area contributed by atoms with Gasteiger partial charge >= 0.3 is 0 Å². The van der Waals surface area contributed by atoms with Crippen LogP contribution in [-0.4, -0.2) is 25.5 Å². The molecular formula is C20H24N2O3. The van der Waals surface area contributed by atoms with Crippen molar-refractivity contribution in [1.29, 1.82) is 0 Å². The lowest BCUT2D eigenvalue weighted by molar-refractivity contribution is -0.122. The van der Waals surface area contributed by atoms with Gasteiger partial charge in [-0.3, -0.25) is 9.59 Å². The van der Waals surface area contributed by atoms with Crippen LogP contribution in [0.1, 0.15) is 23.1 Å². The van der Waals surface area contributed by atoms with E-state index < -0.39 is 0 Å². The largest absolute Gasteiger partial charge is 0.380 e. The van der Waals surface area contributed by atoms with Crippen molar-refractivity contribution in [2.24, 2.45) is 0 Å². The van der Waals surface area contributed by atoms with Crippen LogP contribution in [0, 0.1) is 0 Å². The molecule has 25 heavy (non-hydrogen) atoms. The fraction of sp³-hybridized carbons (Fsp3) is 0.300. The quantitative estimate of drug-likeness (QED) is 0.735. The van der Waals surface area contributed by atoms with Crippen molar-refractivity contribution in [3.8, 4) is 0 Å². The summed E-state index contributed by atoms with van der Waals surface area (Å²) in [5, 5.41) is 5.65. The van der Waals surface area contributed by atoms with Crippen LogP contribution in [0.5, 0.6) is 0 Å². The van der Waals surface area contributed by atoms with E-state index in [0.29, 0.717) is 26.1 Å². The van der Waals surface area contributed by atoms with Crippen molar-refractivity contribution >= 4 is 11.8 Å². The van der Waals surface area contributed by atoms with Crippen molar-refractivity contribution in [3.05, 3.63) is 71.3 Å². The molecule has 0 fully saturated rings. The van der Waals surface area contributed by atoms with Gasteiger partial charge in [0.05, 0.1) is 13.0 Å². The summed E-state index contributed by atoms with van der Waals surface area (Å²) in [6.07, 6.45) is 0.583. The Balaban J connectivity index is 1.68. The van der Waals surface area contributed by atoms with E-state index in [1.54, 1.807) is 7.11 Å². The van der Waals surface area contributed by atoms with Crippen molar-refractivity contribution in [2.45, 2.75) is 26.0 Å². The van der Waals surface area contributed by atoms with Gasteiger partial charge in [-0.05, 0) is 16.7 Å². The molecule has 0 saturated carbocycles. The van der Waals surface area contributed by atoms with Crippen LogP contribution in [0.25, 0.3) is 0 Å². The number of hydrogen-bond acceptors (Lipinski definition) is 3. The minimum absolute atomic E-state index is 0.0792. The molecule has 0 heterocycles. The number of benzene rings is 2. The lowest BCUT2D eigenvalue weighted by atomic mass is 10.1. The highest BCUT2D eigenvalue weighted by atomic mass is 16.5. The van der Waals surface area contributed by atoms with Gasteiger partial charge in [0.25, 0.3) is 0 Å². The van der Waals surface area contributed by atoms with Gasteiger partial charge in [0.15, 0.2) is 0 Å². The normalized spacial score (nSPS) is 10.3. The van der Waals surface area contributed by atoms with Gasteiger partial charge in [-0.1, -0.05) is 54.6 Å². The molecule has 5 nitrogen and oxygen atoms in total. The number of methoxy groups -OCH3 is 1. The van der Waals surface area contributed by atoms with Crippen LogP contribution >= 0.6 is 0 Å². The summed E-state index contributed by atoms with van der Waals surface area (Å²) in [5.74, 6) is -0.170. The molecule has 0 unspecified atom stereocenters. The van der Waals surface area contributed by atoms with E-state index in [-0.39, 0.29) is 18.2 Å². The van der Waals surface area contributed by atoms with Crippen LogP contribution in [0.3, 0.4) is 0 Å². The first-order valence-corrected chi connectivity index (χ1v) is 8.32. The highest BCUT2D eigenvalue weighted by Crippen LogP contribution is 2.09. The van der Waals surface area contributed by atoms with Crippen molar-refractivity contribution in [3.63, 3.8) is 0 Å². The van der Waals surface area contributed by atoms with Crippen molar-refractivity contribution in [1.82, 2.24) is 10.6 Å². The van der Waals surface area contributed by atoms with E-state index in [9.17, 15) is 9.59 Å². The molecule has 0 aromatic heterocycles. The summed E-state index contributed by atoms with van der Waals surface area (Å²) in [6, 6.07) is 17.4. The average Bonchev–Trinajstić information content (AvgIpc) is 2.62. The van der Waals surface area contributed by atoms with Crippen LogP contribution < -0.4 is 10.6 Å². The SMILES string of the molecule is COCc1ccccc1CNC(=O)CCNC(=O)Cc1ccccc1. The Hall–Kier alpha value is -2.66. The zero-order chi connectivity index (χ0) is 17.9. The Morgan fingerprint density at radius 1 is 0.880 bits per heavy atom. The Morgan fingerprint density at radius 3 is 2.28 bits per heavy atom. The number of ether oxygens (including phenoxy) is 1. The molecule has 2 aromatic rings. The third-order valence-corrected chi connectivity index (χ3v) is 3.78. The number of rotatable bonds is 9. The summed E-state index contributed by atoms with van der Waals surface area (Å²) >= 11 is 0. The fourth-order valence-corrected chi connectivity index (χ4v) is 2.47. The van der Waals surface area contributed by atoms with Crippen LogP contribution in [0.15, 0.2) is 54.6 Å². The van der Waals surface area contributed by atoms with Gasteiger partial charge in [-0.25, -0.2) is 0 Å². The van der Waals surface area contributed by atoms with Gasteiger partial charge < -0.3 is 15.4 Å². The Labute approximate surface area is 148 Å². The molecule has 0 saturated heterocycles. The molecule has 2 amide bonds. The lowest BCUT2D eigenvalue weighted by Crippen LogP contribution is -2.31. The van der Waals surface area contributed by atoms with Gasteiger partial charge in [0.1, 0.15) is 0 Å². The molecule has 0 aliphatic heterocycles. The molecular weight excluding hydrogens is 316 g/mol. The molecule has 2 rings (SSSR count). The third-order valence-electron chi connectivity index (χ3n) is 3.78. The maximum absolute atomic E-state index is 11.9. The van der Waals surface area contributed by atoms with E-state index in [0.717, 1.165) is 16.7 Å². The smallest absolute Gasteiger partial charge is 0.224 e. The summed E-state index contributed by atoms with van der Waals surface area (Å²) in [7, 11) is 1.65. The van der Waals surface area contributed by atoms with E-state index in [1.807, 2.05) is 54.6 Å². The van der Waals surface area contributed by atoms with Crippen molar-refractivity contribution < 1.29 is 14.3 Å². The fourth-order valence-electron chi connectivity index (χ4n) is 2.47. The molecule has 0 atom stereocenters. The highest BCUT2D eigenvalue weighted by molar-refractivity contribution is 5.80. The second-order valence-electron chi connectivity index (χ2n) is 5.74. The number of amides is 2. The summed E-state index contributed by atoms with van der Waals surface area (Å²) in [5.41, 5.74) is 3.05. The zero-order valence-corrected chi connectivity index (χ0v) is 14.5.